The molecule has 2 aromatic heterocycles. The van der Waals surface area contributed by atoms with Crippen LogP contribution in [0.25, 0.3) is 0 Å². The van der Waals surface area contributed by atoms with Gasteiger partial charge in [-0.25, -0.2) is 4.98 Å². The summed E-state index contributed by atoms with van der Waals surface area (Å²) in [5, 5.41) is 0. The second kappa shape index (κ2) is 5.48. The Morgan fingerprint density at radius 3 is 2.63 bits per heavy atom. The lowest BCUT2D eigenvalue weighted by Gasteiger charge is -2.17. The predicted molar refractivity (Wildman–Crippen MR) is 73.4 cm³/mol. The van der Waals surface area contributed by atoms with Crippen LogP contribution >= 0.6 is 0 Å². The Balaban J connectivity index is 2.15. The molecule has 5 heteroatoms. The second-order valence-corrected chi connectivity index (χ2v) is 4.44. The van der Waals surface area contributed by atoms with Crippen molar-refractivity contribution in [1.82, 2.24) is 14.9 Å². The number of amides is 1. The van der Waals surface area contributed by atoms with Crippen molar-refractivity contribution in [2.45, 2.75) is 13.5 Å². The van der Waals surface area contributed by atoms with Crippen molar-refractivity contribution in [3.8, 4) is 0 Å². The van der Waals surface area contributed by atoms with Crippen molar-refractivity contribution in [3.63, 3.8) is 0 Å². The number of carbonyl (C=O) groups is 1. The zero-order chi connectivity index (χ0) is 13.8. The van der Waals surface area contributed by atoms with Gasteiger partial charge in [0.25, 0.3) is 5.91 Å². The van der Waals surface area contributed by atoms with Gasteiger partial charge < -0.3 is 10.6 Å². The Kier molecular flexibility index (Phi) is 3.75. The fourth-order valence-electron chi connectivity index (χ4n) is 1.87. The summed E-state index contributed by atoms with van der Waals surface area (Å²) in [6.07, 6.45) is 3.42. The molecule has 2 rings (SSSR count). The topological polar surface area (TPSA) is 72.1 Å². The lowest BCUT2D eigenvalue weighted by Crippen LogP contribution is -2.26. The first kappa shape index (κ1) is 13.0. The highest BCUT2D eigenvalue weighted by Gasteiger charge is 2.13. The van der Waals surface area contributed by atoms with Gasteiger partial charge in [-0.1, -0.05) is 0 Å². The number of nitrogen functional groups attached to an aromatic ring is 1. The van der Waals surface area contributed by atoms with Gasteiger partial charge in [-0.05, 0) is 36.8 Å². The van der Waals surface area contributed by atoms with Crippen LogP contribution in [0.15, 0.2) is 36.7 Å². The highest BCUT2D eigenvalue weighted by atomic mass is 16.2. The molecular weight excluding hydrogens is 240 g/mol. The highest BCUT2D eigenvalue weighted by Crippen LogP contribution is 2.11. The number of hydrogen-bond acceptors (Lipinski definition) is 4. The van der Waals surface area contributed by atoms with Crippen LogP contribution in [0.3, 0.4) is 0 Å². The first-order chi connectivity index (χ1) is 9.06. The van der Waals surface area contributed by atoms with E-state index >= 15 is 0 Å². The summed E-state index contributed by atoms with van der Waals surface area (Å²) < 4.78 is 0. The van der Waals surface area contributed by atoms with Gasteiger partial charge in [0, 0.05) is 37.2 Å². The van der Waals surface area contributed by atoms with Gasteiger partial charge in [0.15, 0.2) is 0 Å². The van der Waals surface area contributed by atoms with Gasteiger partial charge in [-0.2, -0.15) is 0 Å². The summed E-state index contributed by atoms with van der Waals surface area (Å²) in [6.45, 7) is 2.35. The number of aromatic nitrogens is 2. The van der Waals surface area contributed by atoms with Crippen LogP contribution in [0.4, 0.5) is 5.82 Å². The van der Waals surface area contributed by atoms with Gasteiger partial charge in [-0.15, -0.1) is 0 Å². The van der Waals surface area contributed by atoms with E-state index in [0.29, 0.717) is 17.9 Å². The number of nitrogens with zero attached hydrogens (tertiary/aromatic N) is 3. The normalized spacial score (nSPS) is 10.2. The maximum atomic E-state index is 12.3. The van der Waals surface area contributed by atoms with Crippen molar-refractivity contribution in [3.05, 3.63) is 53.5 Å². The van der Waals surface area contributed by atoms with Crippen LogP contribution in [0.1, 0.15) is 21.6 Å². The summed E-state index contributed by atoms with van der Waals surface area (Å²) in [7, 11) is 1.76. The molecule has 0 saturated carbocycles. The van der Waals surface area contributed by atoms with Crippen molar-refractivity contribution in [2.75, 3.05) is 12.8 Å². The Hall–Kier alpha value is -2.43. The van der Waals surface area contributed by atoms with E-state index in [1.165, 1.54) is 0 Å². The van der Waals surface area contributed by atoms with E-state index in [-0.39, 0.29) is 5.91 Å². The van der Waals surface area contributed by atoms with E-state index in [2.05, 4.69) is 9.97 Å². The van der Waals surface area contributed by atoms with Gasteiger partial charge in [0.05, 0.1) is 0 Å². The zero-order valence-electron chi connectivity index (χ0n) is 11.0. The molecule has 0 aliphatic heterocycles. The maximum absolute atomic E-state index is 12.3. The van der Waals surface area contributed by atoms with Crippen LogP contribution < -0.4 is 5.73 Å². The van der Waals surface area contributed by atoms with Gasteiger partial charge in [0.1, 0.15) is 5.82 Å². The van der Waals surface area contributed by atoms with Crippen LogP contribution in [0.5, 0.6) is 0 Å². The largest absolute Gasteiger partial charge is 0.384 e. The number of hydrogen-bond donors (Lipinski definition) is 1. The first-order valence-electron chi connectivity index (χ1n) is 5.95. The quantitative estimate of drug-likeness (QED) is 0.906. The Labute approximate surface area is 112 Å². The average molecular weight is 256 g/mol. The minimum absolute atomic E-state index is 0.0750. The molecule has 19 heavy (non-hydrogen) atoms. The van der Waals surface area contributed by atoms with Crippen LogP contribution in [-0.2, 0) is 6.54 Å². The molecule has 1 amide bonds. The van der Waals surface area contributed by atoms with Gasteiger partial charge in [-0.3, -0.25) is 9.78 Å². The first-order valence-corrected chi connectivity index (χ1v) is 5.95. The number of pyridine rings is 2. The minimum Gasteiger partial charge on any atom is -0.384 e. The fraction of sp³-hybridized carbons (Fsp3) is 0.214. The third-order valence-corrected chi connectivity index (χ3v) is 2.74. The smallest absolute Gasteiger partial charge is 0.254 e. The fourth-order valence-corrected chi connectivity index (χ4v) is 1.87. The lowest BCUT2D eigenvalue weighted by atomic mass is 10.2. The molecule has 98 valence electrons. The van der Waals surface area contributed by atoms with Crippen LogP contribution in [0.2, 0.25) is 0 Å². The molecule has 2 aromatic rings. The summed E-state index contributed by atoms with van der Waals surface area (Å²) in [6, 6.07) is 7.10. The number of aryl methyl sites for hydroxylation is 1. The summed E-state index contributed by atoms with van der Waals surface area (Å²) in [5.41, 5.74) is 7.99. The number of anilines is 1. The van der Waals surface area contributed by atoms with E-state index in [9.17, 15) is 4.79 Å². The molecule has 0 aliphatic rings. The molecule has 0 bridgehead atoms. The van der Waals surface area contributed by atoms with Gasteiger partial charge in [0.2, 0.25) is 0 Å². The minimum atomic E-state index is -0.0750. The van der Waals surface area contributed by atoms with Crippen molar-refractivity contribution < 1.29 is 4.79 Å². The highest BCUT2D eigenvalue weighted by molar-refractivity contribution is 5.94. The third kappa shape index (κ3) is 3.28. The standard InChI is InChI=1S/C14H16N4O/c1-10-7-12(8-13(15)17-10)14(19)18(2)9-11-3-5-16-6-4-11/h3-8H,9H2,1-2H3,(H2,15,17). The van der Waals surface area contributed by atoms with E-state index in [1.54, 1.807) is 36.5 Å². The monoisotopic (exact) mass is 256 g/mol. The SMILES string of the molecule is Cc1cc(C(=O)N(C)Cc2ccncc2)cc(N)n1. The molecule has 0 aliphatic carbocycles. The molecule has 0 unspecified atom stereocenters. The molecule has 0 radical (unpaired) electrons. The third-order valence-electron chi connectivity index (χ3n) is 2.74. The predicted octanol–water partition coefficient (Wildman–Crippen LogP) is 1.64. The Morgan fingerprint density at radius 1 is 1.32 bits per heavy atom. The van der Waals surface area contributed by atoms with E-state index in [0.717, 1.165) is 11.3 Å². The van der Waals surface area contributed by atoms with E-state index in [1.807, 2.05) is 19.1 Å². The zero-order valence-corrected chi connectivity index (χ0v) is 11.0. The Morgan fingerprint density at radius 2 is 2.00 bits per heavy atom. The molecule has 0 saturated heterocycles. The number of nitrogens with two attached hydrogens (primary N) is 1. The van der Waals surface area contributed by atoms with Crippen molar-refractivity contribution in [2.24, 2.45) is 0 Å². The second-order valence-electron chi connectivity index (χ2n) is 4.44. The summed E-state index contributed by atoms with van der Waals surface area (Å²) >= 11 is 0. The summed E-state index contributed by atoms with van der Waals surface area (Å²) in [4.78, 5) is 21.9. The van der Waals surface area contributed by atoms with Crippen molar-refractivity contribution >= 4 is 11.7 Å². The maximum Gasteiger partial charge on any atom is 0.254 e. The van der Waals surface area contributed by atoms with Crippen LogP contribution in [-0.4, -0.2) is 27.8 Å². The molecule has 2 N–H and O–H groups in total. The molecule has 0 fully saturated rings. The molecule has 0 atom stereocenters. The number of carbonyl (C=O) groups excluding carboxylic acids is 1. The number of rotatable bonds is 3. The molecule has 0 aromatic carbocycles. The molecule has 5 nitrogen and oxygen atoms in total. The van der Waals surface area contributed by atoms with Crippen LogP contribution in [0, 0.1) is 6.92 Å². The lowest BCUT2D eigenvalue weighted by molar-refractivity contribution is 0.0785. The average Bonchev–Trinajstić information content (AvgIpc) is 2.37. The van der Waals surface area contributed by atoms with Crippen molar-refractivity contribution in [1.29, 1.82) is 0 Å². The summed E-state index contributed by atoms with van der Waals surface area (Å²) in [5.74, 6) is 0.287. The molecular formula is C14H16N4O. The molecule has 0 spiro atoms. The molecule has 2 heterocycles. The van der Waals surface area contributed by atoms with E-state index in [4.69, 9.17) is 5.73 Å². The van der Waals surface area contributed by atoms with E-state index < -0.39 is 0 Å². The van der Waals surface area contributed by atoms with Gasteiger partial charge >= 0.3 is 0 Å². The Bertz CT molecular complexity index is 563.